The molecule has 112 valence electrons. The van der Waals surface area contributed by atoms with E-state index in [0.717, 1.165) is 5.92 Å². The van der Waals surface area contributed by atoms with Crippen molar-refractivity contribution in [2.45, 2.75) is 64.7 Å². The number of hydrogen-bond acceptors (Lipinski definition) is 2. The molecule has 1 aliphatic carbocycles. The van der Waals surface area contributed by atoms with Crippen LogP contribution in [-0.4, -0.2) is 38.1 Å². The van der Waals surface area contributed by atoms with Gasteiger partial charge in [-0.1, -0.05) is 32.6 Å². The van der Waals surface area contributed by atoms with Gasteiger partial charge in [-0.15, -0.1) is 0 Å². The Morgan fingerprint density at radius 1 is 1.11 bits per heavy atom. The van der Waals surface area contributed by atoms with Crippen LogP contribution in [0.5, 0.6) is 0 Å². The van der Waals surface area contributed by atoms with Crippen LogP contribution in [0.2, 0.25) is 0 Å². The zero-order valence-corrected chi connectivity index (χ0v) is 13.2. The van der Waals surface area contributed by atoms with Gasteiger partial charge in [0, 0.05) is 13.1 Å². The predicted molar refractivity (Wildman–Crippen MR) is 83.5 cm³/mol. The zero-order chi connectivity index (χ0) is 13.6. The Morgan fingerprint density at radius 2 is 1.89 bits per heavy atom. The Labute approximate surface area is 120 Å². The Morgan fingerprint density at radius 3 is 2.58 bits per heavy atom. The summed E-state index contributed by atoms with van der Waals surface area (Å²) in [5.41, 5.74) is 0.597. The molecular formula is C17H34N2. The summed E-state index contributed by atoms with van der Waals surface area (Å²) in [4.78, 5) is 2.79. The molecule has 1 N–H and O–H groups in total. The van der Waals surface area contributed by atoms with E-state index in [2.05, 4.69) is 24.2 Å². The van der Waals surface area contributed by atoms with Crippen LogP contribution in [0.4, 0.5) is 0 Å². The zero-order valence-electron chi connectivity index (χ0n) is 13.2. The van der Waals surface area contributed by atoms with Crippen LogP contribution < -0.4 is 5.32 Å². The summed E-state index contributed by atoms with van der Waals surface area (Å²) in [6.07, 6.45) is 13.0. The van der Waals surface area contributed by atoms with Crippen molar-refractivity contribution in [3.05, 3.63) is 0 Å². The summed E-state index contributed by atoms with van der Waals surface area (Å²) < 4.78 is 0. The van der Waals surface area contributed by atoms with Crippen molar-refractivity contribution in [2.24, 2.45) is 11.3 Å². The second-order valence-electron chi connectivity index (χ2n) is 7.10. The van der Waals surface area contributed by atoms with E-state index < -0.39 is 0 Å². The van der Waals surface area contributed by atoms with Gasteiger partial charge in [-0.3, -0.25) is 0 Å². The molecule has 0 radical (unpaired) electrons. The second kappa shape index (κ2) is 7.64. The summed E-state index contributed by atoms with van der Waals surface area (Å²) in [6.45, 7) is 7.62. The highest BCUT2D eigenvalue weighted by Crippen LogP contribution is 2.38. The summed E-state index contributed by atoms with van der Waals surface area (Å²) in [6, 6.07) is 0. The number of hydrogen-bond donors (Lipinski definition) is 1. The van der Waals surface area contributed by atoms with Crippen molar-refractivity contribution < 1.29 is 0 Å². The van der Waals surface area contributed by atoms with Crippen LogP contribution in [0.3, 0.4) is 0 Å². The molecule has 2 nitrogen and oxygen atoms in total. The van der Waals surface area contributed by atoms with E-state index in [4.69, 9.17) is 0 Å². The lowest BCUT2D eigenvalue weighted by Crippen LogP contribution is -2.42. The van der Waals surface area contributed by atoms with Gasteiger partial charge in [0.1, 0.15) is 0 Å². The van der Waals surface area contributed by atoms with Gasteiger partial charge in [-0.2, -0.15) is 0 Å². The van der Waals surface area contributed by atoms with Crippen LogP contribution in [0.15, 0.2) is 0 Å². The van der Waals surface area contributed by atoms with Gasteiger partial charge in [0.2, 0.25) is 0 Å². The number of rotatable bonds is 6. The quantitative estimate of drug-likeness (QED) is 0.789. The lowest BCUT2D eigenvalue weighted by molar-refractivity contribution is 0.153. The van der Waals surface area contributed by atoms with Crippen molar-refractivity contribution in [1.29, 1.82) is 0 Å². The summed E-state index contributed by atoms with van der Waals surface area (Å²) in [5, 5.41) is 3.46. The van der Waals surface area contributed by atoms with Gasteiger partial charge < -0.3 is 10.2 Å². The van der Waals surface area contributed by atoms with Crippen molar-refractivity contribution in [3.63, 3.8) is 0 Å². The normalized spacial score (nSPS) is 28.4. The fourth-order valence-electron chi connectivity index (χ4n) is 4.45. The first kappa shape index (κ1) is 15.3. The van der Waals surface area contributed by atoms with Gasteiger partial charge in [-0.05, 0) is 63.6 Å². The van der Waals surface area contributed by atoms with Crippen LogP contribution in [0.1, 0.15) is 64.7 Å². The minimum absolute atomic E-state index is 0.597. The third-order valence-electron chi connectivity index (χ3n) is 5.41. The highest BCUT2D eigenvalue weighted by atomic mass is 15.1. The van der Waals surface area contributed by atoms with Crippen LogP contribution in [0, 0.1) is 11.3 Å². The minimum atomic E-state index is 0.597. The van der Waals surface area contributed by atoms with Gasteiger partial charge in [0.25, 0.3) is 0 Å². The minimum Gasteiger partial charge on any atom is -0.319 e. The Hall–Kier alpha value is -0.0800. The third kappa shape index (κ3) is 4.46. The maximum Gasteiger partial charge on any atom is 0.00501 e. The largest absolute Gasteiger partial charge is 0.319 e. The van der Waals surface area contributed by atoms with E-state index in [1.54, 1.807) is 0 Å². The molecule has 2 heteroatoms. The summed E-state index contributed by atoms with van der Waals surface area (Å²) >= 11 is 0. The van der Waals surface area contributed by atoms with Crippen molar-refractivity contribution in [3.8, 4) is 0 Å². The van der Waals surface area contributed by atoms with Crippen molar-refractivity contribution in [1.82, 2.24) is 10.2 Å². The second-order valence-corrected chi connectivity index (χ2v) is 7.10. The van der Waals surface area contributed by atoms with Crippen molar-refractivity contribution in [2.75, 3.05) is 33.2 Å². The highest BCUT2D eigenvalue weighted by Gasteiger charge is 2.35. The molecule has 1 atom stereocenters. The molecule has 1 saturated heterocycles. The third-order valence-corrected chi connectivity index (χ3v) is 5.41. The molecule has 1 saturated carbocycles. The van der Waals surface area contributed by atoms with Crippen LogP contribution in [0.25, 0.3) is 0 Å². The monoisotopic (exact) mass is 266 g/mol. The van der Waals surface area contributed by atoms with Gasteiger partial charge >= 0.3 is 0 Å². The summed E-state index contributed by atoms with van der Waals surface area (Å²) in [7, 11) is 2.12. The van der Waals surface area contributed by atoms with E-state index in [9.17, 15) is 0 Å². The van der Waals surface area contributed by atoms with Gasteiger partial charge in [-0.25, -0.2) is 0 Å². The molecule has 1 heterocycles. The Balaban J connectivity index is 1.84. The van der Waals surface area contributed by atoms with E-state index in [1.165, 1.54) is 84.0 Å². The number of likely N-dealkylation sites (tertiary alicyclic amines) is 1. The first-order chi connectivity index (χ1) is 9.28. The van der Waals surface area contributed by atoms with Crippen LogP contribution in [-0.2, 0) is 0 Å². The Kier molecular flexibility index (Phi) is 6.15. The molecule has 2 rings (SSSR count). The maximum atomic E-state index is 3.46. The lowest BCUT2D eigenvalue weighted by Gasteiger charge is -2.35. The lowest BCUT2D eigenvalue weighted by atomic mass is 9.85. The predicted octanol–water partition coefficient (Wildman–Crippen LogP) is 3.67. The molecule has 0 bridgehead atoms. The molecule has 2 aliphatic rings. The van der Waals surface area contributed by atoms with E-state index in [1.807, 2.05) is 0 Å². The Bertz CT molecular complexity index is 246. The van der Waals surface area contributed by atoms with Gasteiger partial charge in [0.15, 0.2) is 0 Å². The molecule has 0 aromatic heterocycles. The fourth-order valence-corrected chi connectivity index (χ4v) is 4.45. The first-order valence-corrected chi connectivity index (χ1v) is 8.65. The maximum absolute atomic E-state index is 3.46. The average molecular weight is 266 g/mol. The van der Waals surface area contributed by atoms with Gasteiger partial charge in [0.05, 0.1) is 0 Å². The van der Waals surface area contributed by atoms with E-state index >= 15 is 0 Å². The first-order valence-electron chi connectivity index (χ1n) is 8.65. The summed E-state index contributed by atoms with van der Waals surface area (Å²) in [5.74, 6) is 1.01. The number of nitrogens with one attached hydrogen (secondary N) is 1. The van der Waals surface area contributed by atoms with Crippen LogP contribution >= 0.6 is 0 Å². The molecule has 1 unspecified atom stereocenters. The molecule has 19 heavy (non-hydrogen) atoms. The fraction of sp³-hybridized carbons (Fsp3) is 1.00. The van der Waals surface area contributed by atoms with Crippen molar-refractivity contribution >= 4 is 0 Å². The molecule has 0 spiro atoms. The molecule has 1 aliphatic heterocycles. The molecule has 0 aromatic carbocycles. The smallest absolute Gasteiger partial charge is 0.00501 e. The SMILES string of the molecule is CCCC1CCCN(CC2(CNC)CCCC2)CC1. The highest BCUT2D eigenvalue weighted by molar-refractivity contribution is 4.89. The molecule has 2 fully saturated rings. The number of nitrogens with zero attached hydrogens (tertiary/aromatic N) is 1. The molecule has 0 aromatic rings. The molecular weight excluding hydrogens is 232 g/mol. The average Bonchev–Trinajstić information content (AvgIpc) is 2.73. The topological polar surface area (TPSA) is 15.3 Å². The standard InChI is InChI=1S/C17H34N2/c1-3-7-16-8-6-12-19(13-9-16)15-17(14-18-2)10-4-5-11-17/h16,18H,3-15H2,1-2H3. The van der Waals surface area contributed by atoms with E-state index in [-0.39, 0.29) is 0 Å². The molecule has 0 amide bonds. The van der Waals surface area contributed by atoms with E-state index in [0.29, 0.717) is 5.41 Å².